The molecule has 29 heavy (non-hydrogen) atoms. The molecule has 1 aromatic carbocycles. The summed E-state index contributed by atoms with van der Waals surface area (Å²) in [7, 11) is 0. The number of carbonyl (C=O) groups excluding carboxylic acids is 3. The van der Waals surface area contributed by atoms with Gasteiger partial charge in [-0.15, -0.1) is 0 Å². The summed E-state index contributed by atoms with van der Waals surface area (Å²) in [4.78, 5) is 35.0. The molecule has 4 atom stereocenters. The third kappa shape index (κ3) is 5.73. The summed E-state index contributed by atoms with van der Waals surface area (Å²) in [5.74, 6) is 9.78. The highest BCUT2D eigenvalue weighted by Gasteiger charge is 2.44. The Hall–Kier alpha value is -3.03. The smallest absolute Gasteiger partial charge is 0.269 e. The SMILES string of the molecule is CC(=O)C1CC1C#CC#Cc1ccc(C(=O)N[C@H](C(C)=O)[C@](C)(O)C(F)F)cc1. The topological polar surface area (TPSA) is 83.5 Å². The van der Waals surface area contributed by atoms with Gasteiger partial charge in [-0.05, 0) is 63.3 Å². The van der Waals surface area contributed by atoms with Crippen LogP contribution in [0, 0.1) is 35.5 Å². The van der Waals surface area contributed by atoms with Gasteiger partial charge in [-0.25, -0.2) is 8.78 Å². The Morgan fingerprint density at radius 1 is 1.17 bits per heavy atom. The third-order valence-electron chi connectivity index (χ3n) is 4.69. The lowest BCUT2D eigenvalue weighted by Gasteiger charge is -2.30. The number of aliphatic hydroxyl groups is 1. The van der Waals surface area contributed by atoms with E-state index in [1.807, 2.05) is 0 Å². The molecule has 2 N–H and O–H groups in total. The molecule has 0 radical (unpaired) electrons. The van der Waals surface area contributed by atoms with Crippen molar-refractivity contribution < 1.29 is 28.3 Å². The zero-order valence-electron chi connectivity index (χ0n) is 16.3. The fourth-order valence-electron chi connectivity index (χ4n) is 2.74. The van der Waals surface area contributed by atoms with Gasteiger partial charge in [-0.2, -0.15) is 0 Å². The number of halogens is 2. The van der Waals surface area contributed by atoms with Crippen molar-refractivity contribution in [2.75, 3.05) is 0 Å². The molecule has 0 aliphatic heterocycles. The lowest BCUT2D eigenvalue weighted by Crippen LogP contribution is -2.58. The zero-order chi connectivity index (χ0) is 21.8. The molecule has 0 spiro atoms. The van der Waals surface area contributed by atoms with Crippen LogP contribution in [0.3, 0.4) is 0 Å². The Balaban J connectivity index is 2.02. The van der Waals surface area contributed by atoms with Gasteiger partial charge in [0, 0.05) is 23.0 Å². The number of hydrogen-bond acceptors (Lipinski definition) is 4. The molecule has 1 aliphatic carbocycles. The van der Waals surface area contributed by atoms with Crippen LogP contribution in [0.4, 0.5) is 8.78 Å². The predicted octanol–water partition coefficient (Wildman–Crippen LogP) is 1.97. The van der Waals surface area contributed by atoms with Crippen molar-refractivity contribution in [3.63, 3.8) is 0 Å². The van der Waals surface area contributed by atoms with Crippen LogP contribution in [-0.4, -0.2) is 40.6 Å². The third-order valence-corrected chi connectivity index (χ3v) is 4.69. The van der Waals surface area contributed by atoms with E-state index in [1.54, 1.807) is 19.1 Å². The minimum Gasteiger partial charge on any atom is -0.382 e. The molecular formula is C22H21F2NO4. The molecule has 1 aromatic rings. The van der Waals surface area contributed by atoms with Gasteiger partial charge in [-0.3, -0.25) is 14.4 Å². The van der Waals surface area contributed by atoms with Crippen molar-refractivity contribution in [1.82, 2.24) is 5.32 Å². The fourth-order valence-corrected chi connectivity index (χ4v) is 2.74. The number of benzene rings is 1. The molecule has 2 rings (SSSR count). The van der Waals surface area contributed by atoms with Crippen molar-refractivity contribution in [2.24, 2.45) is 11.8 Å². The average Bonchev–Trinajstić information content (AvgIpc) is 3.43. The van der Waals surface area contributed by atoms with Gasteiger partial charge in [0.2, 0.25) is 0 Å². The van der Waals surface area contributed by atoms with Crippen LogP contribution in [0.2, 0.25) is 0 Å². The summed E-state index contributed by atoms with van der Waals surface area (Å²) in [6.45, 7) is 3.36. The minimum absolute atomic E-state index is 0.0202. The van der Waals surface area contributed by atoms with E-state index in [2.05, 4.69) is 29.0 Å². The molecule has 0 bridgehead atoms. The van der Waals surface area contributed by atoms with Gasteiger partial charge >= 0.3 is 0 Å². The lowest BCUT2D eigenvalue weighted by atomic mass is 9.93. The summed E-state index contributed by atoms with van der Waals surface area (Å²) < 4.78 is 26.0. The molecule has 0 aromatic heterocycles. The number of carbonyl (C=O) groups is 3. The molecule has 1 aliphatic rings. The Morgan fingerprint density at radius 3 is 2.28 bits per heavy atom. The van der Waals surface area contributed by atoms with Crippen molar-refractivity contribution in [3.05, 3.63) is 35.4 Å². The second kappa shape index (κ2) is 8.98. The molecule has 0 saturated heterocycles. The molecule has 152 valence electrons. The van der Waals surface area contributed by atoms with E-state index in [0.717, 1.165) is 20.3 Å². The van der Waals surface area contributed by atoms with Gasteiger partial charge in [-0.1, -0.05) is 11.8 Å². The number of rotatable bonds is 6. The summed E-state index contributed by atoms with van der Waals surface area (Å²) in [5.41, 5.74) is -1.98. The highest BCUT2D eigenvalue weighted by molar-refractivity contribution is 5.98. The number of Topliss-reactive ketones (excluding diaryl/α,β-unsaturated/α-hetero) is 2. The van der Waals surface area contributed by atoms with E-state index in [-0.39, 0.29) is 23.2 Å². The second-order valence-electron chi connectivity index (χ2n) is 7.20. The number of hydrogen-bond donors (Lipinski definition) is 2. The second-order valence-corrected chi connectivity index (χ2v) is 7.20. The normalized spacial score (nSPS) is 20.2. The Kier molecular flexibility index (Phi) is 6.89. The largest absolute Gasteiger partial charge is 0.382 e. The first-order chi connectivity index (χ1) is 13.5. The fraction of sp³-hybridized carbons (Fsp3) is 0.409. The van der Waals surface area contributed by atoms with Crippen molar-refractivity contribution in [3.8, 4) is 23.7 Å². The highest BCUT2D eigenvalue weighted by Crippen LogP contribution is 2.38. The summed E-state index contributed by atoms with van der Waals surface area (Å²) in [6, 6.07) is 4.20. The van der Waals surface area contributed by atoms with Gasteiger partial charge in [0.1, 0.15) is 17.4 Å². The number of nitrogens with one attached hydrogen (secondary N) is 1. The Morgan fingerprint density at radius 2 is 1.79 bits per heavy atom. The van der Waals surface area contributed by atoms with Crippen molar-refractivity contribution in [2.45, 2.75) is 45.3 Å². The lowest BCUT2D eigenvalue weighted by molar-refractivity contribution is -0.138. The van der Waals surface area contributed by atoms with E-state index in [4.69, 9.17) is 0 Å². The van der Waals surface area contributed by atoms with Crippen LogP contribution < -0.4 is 5.32 Å². The van der Waals surface area contributed by atoms with Gasteiger partial charge in [0.05, 0.1) is 0 Å². The molecule has 2 unspecified atom stereocenters. The zero-order valence-corrected chi connectivity index (χ0v) is 16.3. The first-order valence-corrected chi connectivity index (χ1v) is 8.98. The monoisotopic (exact) mass is 401 g/mol. The number of amides is 1. The average molecular weight is 401 g/mol. The van der Waals surface area contributed by atoms with Gasteiger partial charge in [0.25, 0.3) is 12.3 Å². The molecule has 7 heteroatoms. The summed E-state index contributed by atoms with van der Waals surface area (Å²) in [6.07, 6.45) is -2.44. The van der Waals surface area contributed by atoms with E-state index < -0.39 is 29.8 Å². The molecule has 0 heterocycles. The van der Waals surface area contributed by atoms with E-state index >= 15 is 0 Å². The summed E-state index contributed by atoms with van der Waals surface area (Å²) >= 11 is 0. The highest BCUT2D eigenvalue weighted by atomic mass is 19.3. The minimum atomic E-state index is -3.21. The molecule has 5 nitrogen and oxygen atoms in total. The van der Waals surface area contributed by atoms with Gasteiger partial charge in [0.15, 0.2) is 5.78 Å². The first-order valence-electron chi connectivity index (χ1n) is 8.98. The Bertz CT molecular complexity index is 930. The first kappa shape index (κ1) is 22.3. The molecule has 1 amide bonds. The maximum atomic E-state index is 13.0. The van der Waals surface area contributed by atoms with Crippen LogP contribution in [0.5, 0.6) is 0 Å². The molecule has 1 fully saturated rings. The predicted molar refractivity (Wildman–Crippen MR) is 102 cm³/mol. The maximum Gasteiger partial charge on any atom is 0.269 e. The summed E-state index contributed by atoms with van der Waals surface area (Å²) in [5, 5.41) is 12.0. The van der Waals surface area contributed by atoms with Crippen molar-refractivity contribution in [1.29, 1.82) is 0 Å². The van der Waals surface area contributed by atoms with E-state index in [0.29, 0.717) is 5.56 Å². The van der Waals surface area contributed by atoms with Crippen LogP contribution >= 0.6 is 0 Å². The van der Waals surface area contributed by atoms with Crippen LogP contribution in [0.1, 0.15) is 43.1 Å². The molecular weight excluding hydrogens is 380 g/mol. The van der Waals surface area contributed by atoms with Crippen LogP contribution in [0.15, 0.2) is 24.3 Å². The van der Waals surface area contributed by atoms with Crippen LogP contribution in [0.25, 0.3) is 0 Å². The van der Waals surface area contributed by atoms with E-state index in [9.17, 15) is 28.3 Å². The van der Waals surface area contributed by atoms with Gasteiger partial charge < -0.3 is 10.4 Å². The van der Waals surface area contributed by atoms with E-state index in [1.165, 1.54) is 12.1 Å². The maximum absolute atomic E-state index is 13.0. The Labute approximate surface area is 167 Å². The quantitative estimate of drug-likeness (QED) is 0.714. The number of alkyl halides is 2. The standard InChI is InChI=1S/C22H21F2NO4/c1-13(26)18-12-17(18)7-5-4-6-15-8-10-16(11-9-15)20(28)25-19(14(2)27)22(3,29)21(23)24/h8-11,17-19,21,29H,12H2,1-3H3,(H,25,28)/t17?,18?,19-,22+/m1/s1. The van der Waals surface area contributed by atoms with Crippen LogP contribution in [-0.2, 0) is 9.59 Å². The molecule has 1 saturated carbocycles. The van der Waals surface area contributed by atoms with Crippen molar-refractivity contribution >= 4 is 17.5 Å². The number of ketones is 2.